The summed E-state index contributed by atoms with van der Waals surface area (Å²) in [6.45, 7) is 5.35. The van der Waals surface area contributed by atoms with E-state index in [0.29, 0.717) is 5.56 Å². The van der Waals surface area contributed by atoms with Crippen molar-refractivity contribution in [2.75, 3.05) is 0 Å². The number of carbonyl (C=O) groups excluding carboxylic acids is 1. The van der Waals surface area contributed by atoms with Crippen LogP contribution in [-0.2, 0) is 0 Å². The molecule has 0 bridgehead atoms. The number of aromatic carboxylic acids is 1. The lowest BCUT2D eigenvalue weighted by atomic mass is 10.1. The van der Waals surface area contributed by atoms with Gasteiger partial charge in [0.1, 0.15) is 0 Å². The molecule has 0 saturated carbocycles. The summed E-state index contributed by atoms with van der Waals surface area (Å²) in [5.74, 6) is -1.25. The molecule has 0 aliphatic carbocycles. The molecule has 1 amide bonds. The van der Waals surface area contributed by atoms with Crippen LogP contribution in [0.3, 0.4) is 0 Å². The topological polar surface area (TPSA) is 66.4 Å². The second kappa shape index (κ2) is 5.11. The lowest BCUT2D eigenvalue weighted by molar-refractivity contribution is 0.0696. The second-order valence-electron chi connectivity index (χ2n) is 3.38. The Morgan fingerprint density at radius 1 is 1.31 bits per heavy atom. The van der Waals surface area contributed by atoms with E-state index in [9.17, 15) is 9.59 Å². The summed E-state index contributed by atoms with van der Waals surface area (Å²) in [4.78, 5) is 22.2. The maximum absolute atomic E-state index is 11.6. The van der Waals surface area contributed by atoms with Crippen LogP contribution in [0, 0.1) is 0 Å². The molecule has 1 unspecified atom stereocenters. The minimum atomic E-state index is -1.01. The van der Waals surface area contributed by atoms with Crippen molar-refractivity contribution < 1.29 is 14.7 Å². The van der Waals surface area contributed by atoms with E-state index in [1.807, 2.05) is 0 Å². The molecule has 16 heavy (non-hydrogen) atoms. The average molecular weight is 219 g/mol. The summed E-state index contributed by atoms with van der Waals surface area (Å²) >= 11 is 0. The third kappa shape index (κ3) is 2.95. The van der Waals surface area contributed by atoms with Crippen molar-refractivity contribution >= 4 is 11.9 Å². The zero-order valence-electron chi connectivity index (χ0n) is 8.93. The number of carboxylic acid groups (broad SMARTS) is 1. The highest BCUT2D eigenvalue weighted by atomic mass is 16.4. The van der Waals surface area contributed by atoms with Crippen LogP contribution in [0.15, 0.2) is 36.9 Å². The quantitative estimate of drug-likeness (QED) is 0.757. The van der Waals surface area contributed by atoms with Gasteiger partial charge in [0.2, 0.25) is 0 Å². The molecule has 0 saturated heterocycles. The Morgan fingerprint density at radius 2 is 1.81 bits per heavy atom. The van der Waals surface area contributed by atoms with Gasteiger partial charge in [-0.2, -0.15) is 0 Å². The van der Waals surface area contributed by atoms with Gasteiger partial charge in [-0.25, -0.2) is 4.79 Å². The van der Waals surface area contributed by atoms with Crippen LogP contribution < -0.4 is 5.32 Å². The zero-order valence-corrected chi connectivity index (χ0v) is 8.93. The molecular formula is C12H13NO3. The summed E-state index contributed by atoms with van der Waals surface area (Å²) in [6.07, 6.45) is 1.61. The summed E-state index contributed by atoms with van der Waals surface area (Å²) in [5.41, 5.74) is 0.590. The first kappa shape index (κ1) is 12.0. The van der Waals surface area contributed by atoms with Crippen LogP contribution in [0.2, 0.25) is 0 Å². The van der Waals surface area contributed by atoms with E-state index in [-0.39, 0.29) is 17.5 Å². The van der Waals surface area contributed by atoms with Crippen molar-refractivity contribution in [3.05, 3.63) is 48.0 Å². The lowest BCUT2D eigenvalue weighted by Gasteiger charge is -2.08. The molecule has 0 aliphatic heterocycles. The molecule has 0 aliphatic rings. The van der Waals surface area contributed by atoms with Gasteiger partial charge in [0, 0.05) is 11.6 Å². The first-order chi connectivity index (χ1) is 7.54. The second-order valence-corrected chi connectivity index (χ2v) is 3.38. The first-order valence-corrected chi connectivity index (χ1v) is 4.81. The van der Waals surface area contributed by atoms with Crippen LogP contribution in [0.5, 0.6) is 0 Å². The van der Waals surface area contributed by atoms with Crippen molar-refractivity contribution in [1.29, 1.82) is 0 Å². The number of nitrogens with one attached hydrogen (secondary N) is 1. The minimum Gasteiger partial charge on any atom is -0.478 e. The van der Waals surface area contributed by atoms with Crippen LogP contribution in [0.1, 0.15) is 27.6 Å². The minimum absolute atomic E-state index is 0.119. The van der Waals surface area contributed by atoms with Gasteiger partial charge in [0.05, 0.1) is 5.56 Å². The van der Waals surface area contributed by atoms with Crippen molar-refractivity contribution in [2.45, 2.75) is 13.0 Å². The molecule has 0 fully saturated rings. The monoisotopic (exact) mass is 219 g/mol. The highest BCUT2D eigenvalue weighted by Crippen LogP contribution is 2.04. The van der Waals surface area contributed by atoms with E-state index in [4.69, 9.17) is 5.11 Å². The summed E-state index contributed by atoms with van der Waals surface area (Å²) < 4.78 is 0. The molecular weight excluding hydrogens is 206 g/mol. The number of carbonyl (C=O) groups is 2. The molecule has 4 heteroatoms. The molecule has 1 aromatic rings. The van der Waals surface area contributed by atoms with Crippen molar-refractivity contribution in [3.8, 4) is 0 Å². The third-order valence-electron chi connectivity index (χ3n) is 2.11. The largest absolute Gasteiger partial charge is 0.478 e. The lowest BCUT2D eigenvalue weighted by Crippen LogP contribution is -2.30. The average Bonchev–Trinajstić information content (AvgIpc) is 2.28. The standard InChI is InChI=1S/C12H13NO3/c1-3-8(2)13-11(14)9-4-6-10(7-5-9)12(15)16/h3-8H,1H2,2H3,(H,13,14)(H,15,16). The summed E-state index contributed by atoms with van der Waals surface area (Å²) in [6, 6.07) is 5.64. The van der Waals surface area contributed by atoms with Gasteiger partial charge in [-0.15, -0.1) is 6.58 Å². The number of rotatable bonds is 4. The molecule has 0 aromatic heterocycles. The molecule has 0 spiro atoms. The Kier molecular flexibility index (Phi) is 3.83. The van der Waals surface area contributed by atoms with Crippen molar-refractivity contribution in [2.24, 2.45) is 0 Å². The van der Waals surface area contributed by atoms with Gasteiger partial charge < -0.3 is 10.4 Å². The van der Waals surface area contributed by atoms with Crippen molar-refractivity contribution in [1.82, 2.24) is 5.32 Å². The van der Waals surface area contributed by atoms with Crippen molar-refractivity contribution in [3.63, 3.8) is 0 Å². The Morgan fingerprint density at radius 3 is 2.25 bits per heavy atom. The van der Waals surface area contributed by atoms with E-state index < -0.39 is 5.97 Å². The van der Waals surface area contributed by atoms with E-state index in [0.717, 1.165) is 0 Å². The van der Waals surface area contributed by atoms with E-state index in [1.54, 1.807) is 13.0 Å². The fourth-order valence-electron chi connectivity index (χ4n) is 1.11. The summed E-state index contributed by atoms with van der Waals surface area (Å²) in [7, 11) is 0. The fourth-order valence-corrected chi connectivity index (χ4v) is 1.11. The number of carboxylic acids is 1. The Balaban J connectivity index is 2.77. The Hall–Kier alpha value is -2.10. The molecule has 1 rings (SSSR count). The van der Waals surface area contributed by atoms with Crippen LogP contribution in [0.25, 0.3) is 0 Å². The third-order valence-corrected chi connectivity index (χ3v) is 2.11. The van der Waals surface area contributed by atoms with Crippen LogP contribution in [0.4, 0.5) is 0 Å². The predicted octanol–water partition coefficient (Wildman–Crippen LogP) is 1.69. The SMILES string of the molecule is C=CC(C)NC(=O)c1ccc(C(=O)O)cc1. The van der Waals surface area contributed by atoms with Gasteiger partial charge in [-0.3, -0.25) is 4.79 Å². The highest BCUT2D eigenvalue weighted by Gasteiger charge is 2.08. The van der Waals surface area contributed by atoms with Crippen LogP contribution >= 0.6 is 0 Å². The molecule has 1 atom stereocenters. The highest BCUT2D eigenvalue weighted by molar-refractivity contribution is 5.96. The van der Waals surface area contributed by atoms with Gasteiger partial charge in [-0.05, 0) is 31.2 Å². The van der Waals surface area contributed by atoms with Gasteiger partial charge in [-0.1, -0.05) is 6.08 Å². The Bertz CT molecular complexity index is 409. The van der Waals surface area contributed by atoms with Gasteiger partial charge >= 0.3 is 5.97 Å². The van der Waals surface area contributed by atoms with E-state index in [2.05, 4.69) is 11.9 Å². The molecule has 4 nitrogen and oxygen atoms in total. The number of hydrogen-bond acceptors (Lipinski definition) is 2. The normalized spacial score (nSPS) is 11.6. The Labute approximate surface area is 93.6 Å². The summed E-state index contributed by atoms with van der Waals surface area (Å²) in [5, 5.41) is 11.4. The number of amides is 1. The maximum Gasteiger partial charge on any atom is 0.335 e. The molecule has 0 heterocycles. The zero-order chi connectivity index (χ0) is 12.1. The number of benzene rings is 1. The molecule has 2 N–H and O–H groups in total. The maximum atomic E-state index is 11.6. The predicted molar refractivity (Wildman–Crippen MR) is 60.5 cm³/mol. The van der Waals surface area contributed by atoms with E-state index >= 15 is 0 Å². The molecule has 1 aromatic carbocycles. The van der Waals surface area contributed by atoms with Gasteiger partial charge in [0.25, 0.3) is 5.91 Å². The van der Waals surface area contributed by atoms with E-state index in [1.165, 1.54) is 24.3 Å². The first-order valence-electron chi connectivity index (χ1n) is 4.81. The van der Waals surface area contributed by atoms with Crippen LogP contribution in [-0.4, -0.2) is 23.0 Å². The fraction of sp³-hybridized carbons (Fsp3) is 0.167. The number of hydrogen-bond donors (Lipinski definition) is 2. The van der Waals surface area contributed by atoms with Gasteiger partial charge in [0.15, 0.2) is 0 Å². The molecule has 0 radical (unpaired) electrons. The smallest absolute Gasteiger partial charge is 0.335 e. The molecule has 84 valence electrons.